The predicted molar refractivity (Wildman–Crippen MR) is 73.3 cm³/mol. The van der Waals surface area contributed by atoms with Crippen molar-refractivity contribution in [3.05, 3.63) is 58.6 Å². The highest BCUT2D eigenvalue weighted by molar-refractivity contribution is 7.99. The van der Waals surface area contributed by atoms with Gasteiger partial charge >= 0.3 is 0 Å². The Morgan fingerprint density at radius 3 is 2.00 bits per heavy atom. The van der Waals surface area contributed by atoms with E-state index in [1.165, 1.54) is 23.9 Å². The van der Waals surface area contributed by atoms with Crippen molar-refractivity contribution in [1.29, 1.82) is 0 Å². The number of anilines is 1. The van der Waals surface area contributed by atoms with Crippen molar-refractivity contribution in [3.8, 4) is 0 Å². The number of hydrogen-bond donors (Lipinski definition) is 1. The molecule has 0 spiro atoms. The van der Waals surface area contributed by atoms with Gasteiger partial charge in [-0.15, -0.1) is 0 Å². The fourth-order valence-corrected chi connectivity index (χ4v) is 2.28. The first-order chi connectivity index (χ1) is 9.19. The molecule has 5 nitrogen and oxygen atoms in total. The van der Waals surface area contributed by atoms with E-state index in [4.69, 9.17) is 0 Å². The smallest absolute Gasteiger partial charge is 0.269 e. The summed E-state index contributed by atoms with van der Waals surface area (Å²) in [7, 11) is 0. The van der Waals surface area contributed by atoms with Crippen LogP contribution in [0.4, 0.5) is 11.4 Å². The van der Waals surface area contributed by atoms with Crippen molar-refractivity contribution in [1.82, 2.24) is 0 Å². The van der Waals surface area contributed by atoms with E-state index < -0.39 is 4.92 Å². The van der Waals surface area contributed by atoms with E-state index >= 15 is 0 Å². The van der Waals surface area contributed by atoms with Crippen molar-refractivity contribution in [2.24, 2.45) is 0 Å². The van der Waals surface area contributed by atoms with Gasteiger partial charge in [0.1, 0.15) is 0 Å². The zero-order valence-electron chi connectivity index (χ0n) is 9.78. The molecule has 2 rings (SSSR count). The Balaban J connectivity index is 2.07. The fourth-order valence-electron chi connectivity index (χ4n) is 1.46. The number of carbonyl (C=O) groups is 1. The lowest BCUT2D eigenvalue weighted by Gasteiger charge is -2.03. The van der Waals surface area contributed by atoms with Crippen LogP contribution >= 0.6 is 11.8 Å². The number of hydrogen-bond acceptors (Lipinski definition) is 4. The highest BCUT2D eigenvalue weighted by atomic mass is 32.2. The summed E-state index contributed by atoms with van der Waals surface area (Å²) in [5, 5.41) is 13.1. The third-order valence-electron chi connectivity index (χ3n) is 2.36. The molecule has 96 valence electrons. The Morgan fingerprint density at radius 1 is 1.00 bits per heavy atom. The highest BCUT2D eigenvalue weighted by Gasteiger charge is 2.04. The number of nitro groups is 1. The molecule has 0 bridgehead atoms. The summed E-state index contributed by atoms with van der Waals surface area (Å²) in [5.41, 5.74) is 0.804. The zero-order valence-corrected chi connectivity index (χ0v) is 10.6. The molecule has 1 amide bonds. The molecule has 0 unspecified atom stereocenters. The van der Waals surface area contributed by atoms with Gasteiger partial charge in [-0.25, -0.2) is 0 Å². The maximum Gasteiger partial charge on any atom is 0.269 e. The quantitative estimate of drug-likeness (QED) is 0.515. The molecule has 0 aliphatic rings. The maximum absolute atomic E-state index is 10.5. The van der Waals surface area contributed by atoms with Gasteiger partial charge in [-0.05, 0) is 36.4 Å². The Labute approximate surface area is 113 Å². The number of nitrogens with zero attached hydrogens (tertiary/aromatic N) is 1. The van der Waals surface area contributed by atoms with Crippen molar-refractivity contribution in [2.45, 2.75) is 9.79 Å². The summed E-state index contributed by atoms with van der Waals surface area (Å²) >= 11 is 1.50. The Kier molecular flexibility index (Phi) is 4.15. The first-order valence-corrected chi connectivity index (χ1v) is 6.23. The SMILES string of the molecule is O=CNc1ccc(Sc2ccc([N+](=O)[O-])cc2)cc1. The van der Waals surface area contributed by atoms with E-state index in [0.717, 1.165) is 15.5 Å². The lowest BCUT2D eigenvalue weighted by Crippen LogP contribution is -1.92. The molecule has 2 aromatic carbocycles. The topological polar surface area (TPSA) is 72.2 Å². The Bertz CT molecular complexity index is 582. The third-order valence-corrected chi connectivity index (χ3v) is 3.38. The van der Waals surface area contributed by atoms with Gasteiger partial charge in [-0.2, -0.15) is 0 Å². The second-order valence-electron chi connectivity index (χ2n) is 3.64. The molecule has 0 aliphatic heterocycles. The summed E-state index contributed by atoms with van der Waals surface area (Å²) < 4.78 is 0. The summed E-state index contributed by atoms with van der Waals surface area (Å²) in [6.07, 6.45) is 0.623. The summed E-state index contributed by atoms with van der Waals surface area (Å²) in [6.45, 7) is 0. The standard InChI is InChI=1S/C13H10N2O3S/c16-9-14-10-1-5-12(6-2-10)19-13-7-3-11(4-8-13)15(17)18/h1-9H,(H,14,16). The number of benzene rings is 2. The summed E-state index contributed by atoms with van der Waals surface area (Å²) in [6, 6.07) is 13.7. The van der Waals surface area contributed by atoms with Crippen molar-refractivity contribution in [2.75, 3.05) is 5.32 Å². The van der Waals surface area contributed by atoms with Gasteiger partial charge in [0, 0.05) is 27.6 Å². The molecular formula is C13H10N2O3S. The molecule has 0 saturated heterocycles. The van der Waals surface area contributed by atoms with Crippen molar-refractivity contribution < 1.29 is 9.72 Å². The molecule has 0 heterocycles. The number of rotatable bonds is 5. The van der Waals surface area contributed by atoms with Gasteiger partial charge in [0.15, 0.2) is 0 Å². The molecule has 19 heavy (non-hydrogen) atoms. The van der Waals surface area contributed by atoms with E-state index in [-0.39, 0.29) is 5.69 Å². The second kappa shape index (κ2) is 6.01. The van der Waals surface area contributed by atoms with Crippen molar-refractivity contribution in [3.63, 3.8) is 0 Å². The molecule has 6 heteroatoms. The van der Waals surface area contributed by atoms with Crippen LogP contribution in [0.15, 0.2) is 58.3 Å². The fraction of sp³-hybridized carbons (Fsp3) is 0. The van der Waals surface area contributed by atoms with E-state index in [2.05, 4.69) is 5.32 Å². The maximum atomic E-state index is 10.5. The van der Waals surface area contributed by atoms with E-state index in [1.807, 2.05) is 12.1 Å². The summed E-state index contributed by atoms with van der Waals surface area (Å²) in [5.74, 6) is 0. The van der Waals surface area contributed by atoms with Crippen LogP contribution in [0, 0.1) is 10.1 Å². The van der Waals surface area contributed by atoms with Gasteiger partial charge in [-0.3, -0.25) is 14.9 Å². The van der Waals surface area contributed by atoms with Gasteiger partial charge in [0.25, 0.3) is 5.69 Å². The average molecular weight is 274 g/mol. The van der Waals surface area contributed by atoms with Crippen LogP contribution in [0.3, 0.4) is 0 Å². The van der Waals surface area contributed by atoms with E-state index in [9.17, 15) is 14.9 Å². The number of carbonyl (C=O) groups excluding carboxylic acids is 1. The van der Waals surface area contributed by atoms with Crippen LogP contribution in [-0.4, -0.2) is 11.3 Å². The molecule has 0 fully saturated rings. The monoisotopic (exact) mass is 274 g/mol. The number of non-ortho nitro benzene ring substituents is 1. The number of nitrogens with one attached hydrogen (secondary N) is 1. The van der Waals surface area contributed by atoms with Crippen LogP contribution in [0.1, 0.15) is 0 Å². The average Bonchev–Trinajstić information content (AvgIpc) is 2.42. The van der Waals surface area contributed by atoms with Crippen LogP contribution in [-0.2, 0) is 4.79 Å². The zero-order chi connectivity index (χ0) is 13.7. The normalized spacial score (nSPS) is 9.89. The molecule has 0 aromatic heterocycles. The largest absolute Gasteiger partial charge is 0.329 e. The Hall–Kier alpha value is -2.34. The molecule has 0 atom stereocenters. The van der Waals surface area contributed by atoms with Crippen molar-refractivity contribution >= 4 is 29.5 Å². The molecule has 2 aromatic rings. The molecule has 1 N–H and O–H groups in total. The minimum Gasteiger partial charge on any atom is -0.329 e. The highest BCUT2D eigenvalue weighted by Crippen LogP contribution is 2.29. The van der Waals surface area contributed by atoms with E-state index in [0.29, 0.717) is 6.41 Å². The minimum atomic E-state index is -0.422. The van der Waals surface area contributed by atoms with Gasteiger partial charge in [0.2, 0.25) is 6.41 Å². The molecular weight excluding hydrogens is 264 g/mol. The van der Waals surface area contributed by atoms with Gasteiger partial charge < -0.3 is 5.32 Å². The van der Waals surface area contributed by atoms with Gasteiger partial charge in [-0.1, -0.05) is 11.8 Å². The second-order valence-corrected chi connectivity index (χ2v) is 4.79. The lowest BCUT2D eigenvalue weighted by atomic mass is 10.3. The minimum absolute atomic E-state index is 0.0786. The van der Waals surface area contributed by atoms with Crippen LogP contribution in [0.25, 0.3) is 0 Å². The van der Waals surface area contributed by atoms with Crippen LogP contribution in [0.5, 0.6) is 0 Å². The number of amides is 1. The van der Waals surface area contributed by atoms with E-state index in [1.54, 1.807) is 24.3 Å². The first-order valence-electron chi connectivity index (χ1n) is 5.41. The third kappa shape index (κ3) is 3.56. The Morgan fingerprint density at radius 2 is 1.53 bits per heavy atom. The molecule has 0 aliphatic carbocycles. The molecule has 0 radical (unpaired) electrons. The van der Waals surface area contributed by atoms with Gasteiger partial charge in [0.05, 0.1) is 4.92 Å². The first kappa shape index (κ1) is 13.1. The molecule has 0 saturated carbocycles. The van der Waals surface area contributed by atoms with Crippen LogP contribution in [0.2, 0.25) is 0 Å². The summed E-state index contributed by atoms with van der Waals surface area (Å²) in [4.78, 5) is 22.3. The van der Waals surface area contributed by atoms with Crippen LogP contribution < -0.4 is 5.32 Å². The predicted octanol–water partition coefficient (Wildman–Crippen LogP) is 3.31. The lowest BCUT2D eigenvalue weighted by molar-refractivity contribution is -0.384. The number of nitro benzene ring substituents is 1.